The standard InChI is InChI=1S/C16H18F3N5O/c1-20-14-5-4-11(16(17,18)19)7-13(14)15(25)24-6-2-3-12(24)8-23-10-21-9-22-23/h4-5,7,9-10,12,20H,2-3,6,8H2,1H3. The number of nitrogens with zero attached hydrogens (tertiary/aromatic N) is 4. The average Bonchev–Trinajstić information content (AvgIpc) is 3.25. The van der Waals surface area contributed by atoms with Gasteiger partial charge < -0.3 is 10.2 Å². The zero-order valence-electron chi connectivity index (χ0n) is 13.6. The summed E-state index contributed by atoms with van der Waals surface area (Å²) in [7, 11) is 1.58. The van der Waals surface area contributed by atoms with Gasteiger partial charge in [0.2, 0.25) is 0 Å². The molecule has 1 aliphatic heterocycles. The molecule has 1 fully saturated rings. The van der Waals surface area contributed by atoms with Gasteiger partial charge in [0.25, 0.3) is 5.91 Å². The number of benzene rings is 1. The van der Waals surface area contributed by atoms with Crippen molar-refractivity contribution in [2.45, 2.75) is 31.6 Å². The van der Waals surface area contributed by atoms with Crippen LogP contribution in [0.25, 0.3) is 0 Å². The Hall–Kier alpha value is -2.58. The van der Waals surface area contributed by atoms with E-state index >= 15 is 0 Å². The Morgan fingerprint density at radius 2 is 2.20 bits per heavy atom. The van der Waals surface area contributed by atoms with E-state index in [0.29, 0.717) is 18.8 Å². The number of alkyl halides is 3. The molecule has 9 heteroatoms. The third-order valence-corrected chi connectivity index (χ3v) is 4.35. The topological polar surface area (TPSA) is 63.1 Å². The number of anilines is 1. The van der Waals surface area contributed by atoms with Crippen molar-refractivity contribution in [3.05, 3.63) is 42.0 Å². The molecular formula is C16H18F3N5O. The minimum absolute atomic E-state index is 0.0304. The summed E-state index contributed by atoms with van der Waals surface area (Å²) in [6.45, 7) is 0.983. The Labute approximate surface area is 142 Å². The minimum Gasteiger partial charge on any atom is -0.387 e. The van der Waals surface area contributed by atoms with Crippen molar-refractivity contribution in [3.8, 4) is 0 Å². The van der Waals surface area contributed by atoms with Crippen LogP contribution in [0.15, 0.2) is 30.9 Å². The number of amides is 1. The van der Waals surface area contributed by atoms with Gasteiger partial charge in [-0.1, -0.05) is 0 Å². The van der Waals surface area contributed by atoms with Crippen molar-refractivity contribution >= 4 is 11.6 Å². The lowest BCUT2D eigenvalue weighted by Gasteiger charge is -2.26. The average molecular weight is 353 g/mol. The highest BCUT2D eigenvalue weighted by atomic mass is 19.4. The van der Waals surface area contributed by atoms with Crippen molar-refractivity contribution < 1.29 is 18.0 Å². The van der Waals surface area contributed by atoms with Gasteiger partial charge in [0.05, 0.1) is 23.7 Å². The van der Waals surface area contributed by atoms with E-state index in [2.05, 4.69) is 15.4 Å². The first kappa shape index (κ1) is 17.2. The Balaban J connectivity index is 1.88. The van der Waals surface area contributed by atoms with Gasteiger partial charge in [0, 0.05) is 19.3 Å². The Kier molecular flexibility index (Phi) is 4.65. The number of carbonyl (C=O) groups is 1. The van der Waals surface area contributed by atoms with Crippen LogP contribution in [0, 0.1) is 0 Å². The molecule has 0 aliphatic carbocycles. The van der Waals surface area contributed by atoms with Crippen molar-refractivity contribution in [1.82, 2.24) is 19.7 Å². The summed E-state index contributed by atoms with van der Waals surface area (Å²) in [4.78, 5) is 18.4. The van der Waals surface area contributed by atoms with Crippen molar-refractivity contribution in [2.24, 2.45) is 0 Å². The molecule has 25 heavy (non-hydrogen) atoms. The van der Waals surface area contributed by atoms with E-state index in [0.717, 1.165) is 25.0 Å². The predicted molar refractivity (Wildman–Crippen MR) is 85.1 cm³/mol. The van der Waals surface area contributed by atoms with Gasteiger partial charge in [-0.3, -0.25) is 9.48 Å². The smallest absolute Gasteiger partial charge is 0.387 e. The summed E-state index contributed by atoms with van der Waals surface area (Å²) in [5, 5.41) is 6.83. The second kappa shape index (κ2) is 6.73. The highest BCUT2D eigenvalue weighted by Crippen LogP contribution is 2.33. The van der Waals surface area contributed by atoms with Gasteiger partial charge in [-0.2, -0.15) is 18.3 Å². The van der Waals surface area contributed by atoms with E-state index < -0.39 is 17.6 Å². The normalized spacial score (nSPS) is 17.8. The lowest BCUT2D eigenvalue weighted by Crippen LogP contribution is -2.38. The summed E-state index contributed by atoms with van der Waals surface area (Å²) in [6, 6.07) is 3.06. The summed E-state index contributed by atoms with van der Waals surface area (Å²) in [5.41, 5.74) is -0.422. The van der Waals surface area contributed by atoms with Crippen LogP contribution in [0.1, 0.15) is 28.8 Å². The zero-order chi connectivity index (χ0) is 18.0. The minimum atomic E-state index is -4.49. The first-order valence-corrected chi connectivity index (χ1v) is 7.92. The molecule has 0 spiro atoms. The van der Waals surface area contributed by atoms with E-state index in [-0.39, 0.29) is 11.6 Å². The number of carbonyl (C=O) groups excluding carboxylic acids is 1. The van der Waals surface area contributed by atoms with E-state index in [1.54, 1.807) is 23.0 Å². The molecule has 0 bridgehead atoms. The number of hydrogen-bond acceptors (Lipinski definition) is 4. The van der Waals surface area contributed by atoms with Gasteiger partial charge in [0.1, 0.15) is 12.7 Å². The number of hydrogen-bond donors (Lipinski definition) is 1. The largest absolute Gasteiger partial charge is 0.416 e. The molecule has 6 nitrogen and oxygen atoms in total. The van der Waals surface area contributed by atoms with Crippen LogP contribution in [0.2, 0.25) is 0 Å². The van der Waals surface area contributed by atoms with Crippen molar-refractivity contribution in [3.63, 3.8) is 0 Å². The molecule has 2 heterocycles. The molecule has 1 aromatic heterocycles. The monoisotopic (exact) mass is 353 g/mol. The van der Waals surface area contributed by atoms with Gasteiger partial charge in [-0.25, -0.2) is 4.98 Å². The fourth-order valence-corrected chi connectivity index (χ4v) is 3.11. The number of likely N-dealkylation sites (tertiary alicyclic amines) is 1. The van der Waals surface area contributed by atoms with E-state index in [1.807, 2.05) is 0 Å². The molecule has 134 valence electrons. The van der Waals surface area contributed by atoms with Gasteiger partial charge >= 0.3 is 6.18 Å². The Bertz CT molecular complexity index is 745. The Morgan fingerprint density at radius 3 is 2.84 bits per heavy atom. The maximum Gasteiger partial charge on any atom is 0.416 e. The maximum absolute atomic E-state index is 13.0. The fourth-order valence-electron chi connectivity index (χ4n) is 3.11. The molecule has 0 radical (unpaired) electrons. The predicted octanol–water partition coefficient (Wildman–Crippen LogP) is 2.64. The molecule has 1 atom stereocenters. The van der Waals surface area contributed by atoms with Crippen LogP contribution in [0.5, 0.6) is 0 Å². The molecule has 1 N–H and O–H groups in total. The summed E-state index contributed by atoms with van der Waals surface area (Å²) >= 11 is 0. The van der Waals surface area contributed by atoms with Gasteiger partial charge in [0.15, 0.2) is 0 Å². The summed E-state index contributed by atoms with van der Waals surface area (Å²) in [6.07, 6.45) is 0.0577. The highest BCUT2D eigenvalue weighted by molar-refractivity contribution is 6.00. The number of aromatic nitrogens is 3. The third-order valence-electron chi connectivity index (χ3n) is 4.35. The maximum atomic E-state index is 13.0. The van der Waals surface area contributed by atoms with Gasteiger partial charge in [-0.05, 0) is 31.0 Å². The first-order valence-electron chi connectivity index (χ1n) is 7.92. The zero-order valence-corrected chi connectivity index (χ0v) is 13.6. The molecular weight excluding hydrogens is 335 g/mol. The second-order valence-corrected chi connectivity index (χ2v) is 5.92. The van der Waals surface area contributed by atoms with Gasteiger partial charge in [-0.15, -0.1) is 0 Å². The van der Waals surface area contributed by atoms with Crippen LogP contribution in [0.4, 0.5) is 18.9 Å². The summed E-state index contributed by atoms with van der Waals surface area (Å²) in [5.74, 6) is -0.405. The molecule has 1 saturated heterocycles. The molecule has 2 aromatic rings. The first-order chi connectivity index (χ1) is 11.9. The number of rotatable bonds is 4. The quantitative estimate of drug-likeness (QED) is 0.918. The fraction of sp³-hybridized carbons (Fsp3) is 0.438. The lowest BCUT2D eigenvalue weighted by molar-refractivity contribution is -0.137. The molecule has 3 rings (SSSR count). The third kappa shape index (κ3) is 3.59. The molecule has 1 amide bonds. The van der Waals surface area contributed by atoms with E-state index in [9.17, 15) is 18.0 Å². The number of halogens is 3. The highest BCUT2D eigenvalue weighted by Gasteiger charge is 2.34. The van der Waals surface area contributed by atoms with Crippen molar-refractivity contribution in [1.29, 1.82) is 0 Å². The van der Waals surface area contributed by atoms with Crippen LogP contribution < -0.4 is 5.32 Å². The second-order valence-electron chi connectivity index (χ2n) is 5.92. The molecule has 0 saturated carbocycles. The van der Waals surface area contributed by atoms with E-state index in [4.69, 9.17) is 0 Å². The SMILES string of the molecule is CNc1ccc(C(F)(F)F)cc1C(=O)N1CCCC1Cn1cncn1. The van der Waals surface area contributed by atoms with Crippen LogP contribution in [-0.4, -0.2) is 45.2 Å². The van der Waals surface area contributed by atoms with Crippen LogP contribution >= 0.6 is 0 Å². The molecule has 1 aliphatic rings. The lowest BCUT2D eigenvalue weighted by atomic mass is 10.1. The van der Waals surface area contributed by atoms with Crippen LogP contribution in [0.3, 0.4) is 0 Å². The molecule has 1 aromatic carbocycles. The van der Waals surface area contributed by atoms with Crippen LogP contribution in [-0.2, 0) is 12.7 Å². The van der Waals surface area contributed by atoms with Crippen molar-refractivity contribution in [2.75, 3.05) is 18.9 Å². The molecule has 1 unspecified atom stereocenters. The number of nitrogens with one attached hydrogen (secondary N) is 1. The Morgan fingerprint density at radius 1 is 1.40 bits per heavy atom. The summed E-state index contributed by atoms with van der Waals surface area (Å²) < 4.78 is 40.7. The van der Waals surface area contributed by atoms with E-state index in [1.165, 1.54) is 12.4 Å².